The van der Waals surface area contributed by atoms with Gasteiger partial charge in [-0.25, -0.2) is 4.57 Å². The van der Waals surface area contributed by atoms with Crippen LogP contribution in [0.5, 0.6) is 0 Å². The molecule has 3 N–H and O–H groups in total. The number of rotatable bonds is 36. The quantitative estimate of drug-likeness (QED) is 0.0244. The largest absolute Gasteiger partial charge is 0.472 e. The van der Waals surface area contributed by atoms with Gasteiger partial charge in [0.05, 0.1) is 26.4 Å². The molecule has 0 aliphatic carbocycles. The summed E-state index contributed by atoms with van der Waals surface area (Å²) >= 11 is 0. The van der Waals surface area contributed by atoms with Crippen molar-refractivity contribution in [3.63, 3.8) is 0 Å². The lowest BCUT2D eigenvalue weighted by Crippen LogP contribution is -2.28. The van der Waals surface area contributed by atoms with Gasteiger partial charge in [0, 0.05) is 12.8 Å². The van der Waals surface area contributed by atoms with Gasteiger partial charge in [0.25, 0.3) is 0 Å². The van der Waals surface area contributed by atoms with E-state index in [1.165, 1.54) is 32.1 Å². The number of ether oxygens (including phenoxy) is 2. The molecule has 0 aromatic carbocycles. The fourth-order valence-electron chi connectivity index (χ4n) is 4.92. The molecule has 0 aliphatic heterocycles. The zero-order valence-corrected chi connectivity index (χ0v) is 33.1. The number of phosphoric ester groups is 1. The summed E-state index contributed by atoms with van der Waals surface area (Å²) in [6.07, 6.45) is 39.1. The van der Waals surface area contributed by atoms with Gasteiger partial charge in [0.15, 0.2) is 0 Å². The van der Waals surface area contributed by atoms with Crippen molar-refractivity contribution in [2.24, 2.45) is 0 Å². The van der Waals surface area contributed by atoms with Crippen LogP contribution in [0.4, 0.5) is 0 Å². The molecule has 0 spiro atoms. The maximum absolute atomic E-state index is 12.3. The van der Waals surface area contributed by atoms with Gasteiger partial charge in [-0.05, 0) is 77.0 Å². The standard InChI is InChI=1S/C41H71O10P/c1-3-5-7-9-11-13-15-17-18-19-21-23-25-27-29-31-33-41(45)51-39(35-43)37-49-52(46,47)48-36-38(34-42)50-40(44)32-30-28-26-24-22-20-16-14-12-10-8-6-4-2/h6,8,12-15,18-20,22,38-39,42-43H,3-5,7,9-11,16-17,21,23-37H2,1-2H3,(H,46,47)/b8-6-,14-12-,15-13-,19-18-,22-20-. The molecule has 3 unspecified atom stereocenters. The van der Waals surface area contributed by atoms with Crippen LogP contribution in [0.1, 0.15) is 149 Å². The van der Waals surface area contributed by atoms with Crippen LogP contribution in [-0.4, -0.2) is 65.7 Å². The first-order valence-electron chi connectivity index (χ1n) is 19.7. The molecule has 0 rings (SSSR count). The van der Waals surface area contributed by atoms with E-state index in [1.807, 2.05) is 0 Å². The van der Waals surface area contributed by atoms with Crippen molar-refractivity contribution in [3.05, 3.63) is 60.8 Å². The van der Waals surface area contributed by atoms with E-state index in [4.69, 9.17) is 18.5 Å². The summed E-state index contributed by atoms with van der Waals surface area (Å²) in [6.45, 7) is 2.00. The summed E-state index contributed by atoms with van der Waals surface area (Å²) in [5.74, 6) is -1.07. The summed E-state index contributed by atoms with van der Waals surface area (Å²) in [5.41, 5.74) is 0. The minimum atomic E-state index is -4.65. The van der Waals surface area contributed by atoms with Crippen LogP contribution in [0, 0.1) is 0 Å². The summed E-state index contributed by atoms with van der Waals surface area (Å²) in [5, 5.41) is 19.1. The molecule has 0 aliphatic rings. The number of aliphatic hydroxyl groups excluding tert-OH is 2. The second-order valence-electron chi connectivity index (χ2n) is 12.9. The van der Waals surface area contributed by atoms with Crippen LogP contribution in [0.2, 0.25) is 0 Å². The lowest BCUT2D eigenvalue weighted by Gasteiger charge is -2.20. The van der Waals surface area contributed by atoms with E-state index in [0.29, 0.717) is 12.8 Å². The van der Waals surface area contributed by atoms with Gasteiger partial charge in [0.1, 0.15) is 12.2 Å². The van der Waals surface area contributed by atoms with Gasteiger partial charge in [-0.15, -0.1) is 0 Å². The van der Waals surface area contributed by atoms with E-state index < -0.39 is 58.4 Å². The Labute approximate surface area is 315 Å². The number of carbonyl (C=O) groups excluding carboxylic acids is 2. The molecular weight excluding hydrogens is 683 g/mol. The molecule has 52 heavy (non-hydrogen) atoms. The van der Waals surface area contributed by atoms with Gasteiger partial charge in [0.2, 0.25) is 0 Å². The molecule has 0 saturated carbocycles. The van der Waals surface area contributed by atoms with Crippen LogP contribution < -0.4 is 0 Å². The molecular formula is C41H71O10P. The smallest absolute Gasteiger partial charge is 0.457 e. The molecule has 0 radical (unpaired) electrons. The average molecular weight is 755 g/mol. The van der Waals surface area contributed by atoms with Crippen molar-refractivity contribution in [2.75, 3.05) is 26.4 Å². The summed E-state index contributed by atoms with van der Waals surface area (Å²) in [7, 11) is -4.65. The van der Waals surface area contributed by atoms with Crippen molar-refractivity contribution in [1.29, 1.82) is 0 Å². The zero-order chi connectivity index (χ0) is 38.4. The number of aliphatic hydroxyl groups is 2. The van der Waals surface area contributed by atoms with Crippen LogP contribution in [0.25, 0.3) is 0 Å². The van der Waals surface area contributed by atoms with Gasteiger partial charge in [-0.3, -0.25) is 18.6 Å². The highest BCUT2D eigenvalue weighted by Gasteiger charge is 2.27. The Morgan fingerprint density at radius 1 is 0.538 bits per heavy atom. The maximum Gasteiger partial charge on any atom is 0.472 e. The number of allylic oxidation sites excluding steroid dienone is 10. The number of phosphoric acid groups is 1. The fourth-order valence-corrected chi connectivity index (χ4v) is 5.71. The first kappa shape index (κ1) is 49.7. The second kappa shape index (κ2) is 37.0. The lowest BCUT2D eigenvalue weighted by molar-refractivity contribution is -0.153. The molecule has 3 atom stereocenters. The Balaban J connectivity index is 4.03. The fraction of sp³-hybridized carbons (Fsp3) is 0.707. The van der Waals surface area contributed by atoms with E-state index in [0.717, 1.165) is 77.0 Å². The van der Waals surface area contributed by atoms with Crippen LogP contribution in [0.3, 0.4) is 0 Å². The molecule has 300 valence electrons. The highest BCUT2D eigenvalue weighted by Crippen LogP contribution is 2.43. The zero-order valence-electron chi connectivity index (χ0n) is 32.3. The molecule has 0 fully saturated rings. The maximum atomic E-state index is 12.3. The lowest BCUT2D eigenvalue weighted by atomic mass is 10.1. The number of hydrogen-bond acceptors (Lipinski definition) is 9. The third-order valence-corrected chi connectivity index (χ3v) is 8.91. The van der Waals surface area contributed by atoms with Gasteiger partial charge in [-0.2, -0.15) is 0 Å². The summed E-state index contributed by atoms with van der Waals surface area (Å²) in [4.78, 5) is 34.4. The van der Waals surface area contributed by atoms with Gasteiger partial charge < -0.3 is 24.6 Å². The van der Waals surface area contributed by atoms with Crippen molar-refractivity contribution in [1.82, 2.24) is 0 Å². The van der Waals surface area contributed by atoms with Crippen LogP contribution in [-0.2, 0) is 32.7 Å². The Kier molecular flexibility index (Phi) is 35.3. The Morgan fingerprint density at radius 2 is 0.904 bits per heavy atom. The number of esters is 2. The second-order valence-corrected chi connectivity index (χ2v) is 14.3. The predicted octanol–water partition coefficient (Wildman–Crippen LogP) is 9.94. The van der Waals surface area contributed by atoms with E-state index in [-0.39, 0.29) is 12.8 Å². The normalized spacial score (nSPS) is 14.6. The van der Waals surface area contributed by atoms with E-state index in [1.54, 1.807) is 0 Å². The molecule has 0 aromatic heterocycles. The van der Waals surface area contributed by atoms with Crippen LogP contribution in [0.15, 0.2) is 60.8 Å². The Hall–Kier alpha value is -2.33. The molecule has 11 heteroatoms. The minimum absolute atomic E-state index is 0.153. The first-order chi connectivity index (χ1) is 25.3. The Bertz CT molecular complexity index is 1050. The van der Waals surface area contributed by atoms with Crippen molar-refractivity contribution in [3.8, 4) is 0 Å². The van der Waals surface area contributed by atoms with Gasteiger partial charge in [-0.1, -0.05) is 120 Å². The summed E-state index contributed by atoms with van der Waals surface area (Å²) < 4.78 is 32.4. The molecule has 0 saturated heterocycles. The Morgan fingerprint density at radius 3 is 1.33 bits per heavy atom. The molecule has 0 bridgehead atoms. The van der Waals surface area contributed by atoms with Crippen molar-refractivity contribution < 1.29 is 47.8 Å². The summed E-state index contributed by atoms with van der Waals surface area (Å²) in [6, 6.07) is 0. The van der Waals surface area contributed by atoms with Gasteiger partial charge >= 0.3 is 19.8 Å². The number of carbonyl (C=O) groups is 2. The third kappa shape index (κ3) is 34.7. The number of unbranched alkanes of at least 4 members (excludes halogenated alkanes) is 12. The molecule has 0 amide bonds. The topological polar surface area (TPSA) is 149 Å². The monoisotopic (exact) mass is 754 g/mol. The van der Waals surface area contributed by atoms with E-state index in [2.05, 4.69) is 74.6 Å². The molecule has 0 aromatic rings. The highest BCUT2D eigenvalue weighted by molar-refractivity contribution is 7.47. The minimum Gasteiger partial charge on any atom is -0.457 e. The molecule has 0 heterocycles. The van der Waals surface area contributed by atoms with Crippen molar-refractivity contribution >= 4 is 19.8 Å². The highest BCUT2D eigenvalue weighted by atomic mass is 31.2. The van der Waals surface area contributed by atoms with E-state index in [9.17, 15) is 29.3 Å². The predicted molar refractivity (Wildman–Crippen MR) is 210 cm³/mol. The molecule has 10 nitrogen and oxygen atoms in total. The number of hydrogen-bond donors (Lipinski definition) is 3. The van der Waals surface area contributed by atoms with Crippen LogP contribution >= 0.6 is 7.82 Å². The SMILES string of the molecule is CC/C=C\C/C=C\C/C=C\CCCCCC(=O)OC(CO)COP(=O)(O)OCC(CO)OC(=O)CCCCCCC/C=C\C/C=C\CCCCCC. The first-order valence-corrected chi connectivity index (χ1v) is 21.2. The van der Waals surface area contributed by atoms with E-state index >= 15 is 0 Å². The third-order valence-electron chi connectivity index (χ3n) is 7.96. The van der Waals surface area contributed by atoms with Crippen molar-refractivity contribution in [2.45, 2.75) is 161 Å². The average Bonchev–Trinajstić information content (AvgIpc) is 3.13.